The van der Waals surface area contributed by atoms with Crippen LogP contribution >= 0.6 is 0 Å². The van der Waals surface area contributed by atoms with Crippen LogP contribution in [0.1, 0.15) is 25.8 Å². The van der Waals surface area contributed by atoms with Crippen LogP contribution in [0.5, 0.6) is 5.75 Å². The van der Waals surface area contributed by atoms with Crippen molar-refractivity contribution < 1.29 is 9.68 Å². The number of hydrogen-bond acceptors (Lipinski definition) is 3. The van der Waals surface area contributed by atoms with E-state index in [1.54, 1.807) is 0 Å². The number of hydroxylamine groups is 2. The lowest BCUT2D eigenvalue weighted by atomic mass is 10.2. The molecule has 16 heavy (non-hydrogen) atoms. The van der Waals surface area contributed by atoms with Crippen molar-refractivity contribution in [3.8, 4) is 5.75 Å². The average Bonchev–Trinajstić information content (AvgIpc) is 2.78. The molecule has 1 aliphatic heterocycles. The van der Waals surface area contributed by atoms with Crippen LogP contribution in [-0.4, -0.2) is 11.8 Å². The van der Waals surface area contributed by atoms with Gasteiger partial charge >= 0.3 is 0 Å². The van der Waals surface area contributed by atoms with Gasteiger partial charge in [-0.05, 0) is 30.2 Å². The maximum absolute atomic E-state index is 5.57. The van der Waals surface area contributed by atoms with Crippen LogP contribution in [0.15, 0.2) is 36.1 Å². The van der Waals surface area contributed by atoms with E-state index in [4.69, 9.17) is 9.68 Å². The van der Waals surface area contributed by atoms with E-state index in [1.165, 1.54) is 10.8 Å². The van der Waals surface area contributed by atoms with Crippen LogP contribution in [0.2, 0.25) is 0 Å². The van der Waals surface area contributed by atoms with E-state index in [1.807, 2.05) is 18.2 Å². The van der Waals surface area contributed by atoms with Crippen molar-refractivity contribution >= 4 is 0 Å². The van der Waals surface area contributed by atoms with Gasteiger partial charge in [0.2, 0.25) is 0 Å². The molecule has 0 spiro atoms. The number of benzene rings is 1. The highest BCUT2D eigenvalue weighted by Gasteiger charge is 2.15. The molecule has 0 amide bonds. The Morgan fingerprint density at radius 1 is 1.19 bits per heavy atom. The van der Waals surface area contributed by atoms with Gasteiger partial charge in [-0.15, -0.1) is 0 Å². The molecule has 0 saturated carbocycles. The van der Waals surface area contributed by atoms with Crippen LogP contribution in [-0.2, 0) is 11.3 Å². The van der Waals surface area contributed by atoms with Crippen molar-refractivity contribution in [2.24, 2.45) is 0 Å². The van der Waals surface area contributed by atoms with E-state index in [0.717, 1.165) is 24.4 Å². The normalized spacial score (nSPS) is 15.8. The standard InChI is InChI=1S/C13H17NO2/c1-3-11-5-7-13(8-6-11)16-14-10-9-12(4-2)15-14/h5-9H,3-4,10H2,1-2H3. The van der Waals surface area contributed by atoms with E-state index < -0.39 is 0 Å². The lowest BCUT2D eigenvalue weighted by molar-refractivity contribution is -0.275. The molecule has 86 valence electrons. The summed E-state index contributed by atoms with van der Waals surface area (Å²) in [5.41, 5.74) is 1.31. The van der Waals surface area contributed by atoms with Crippen molar-refractivity contribution in [3.63, 3.8) is 0 Å². The van der Waals surface area contributed by atoms with Crippen molar-refractivity contribution in [2.45, 2.75) is 26.7 Å². The molecular formula is C13H17NO2. The first-order chi connectivity index (χ1) is 7.81. The summed E-state index contributed by atoms with van der Waals surface area (Å²) in [6.07, 6.45) is 3.97. The Morgan fingerprint density at radius 3 is 2.50 bits per heavy atom. The number of aryl methyl sites for hydroxylation is 1. The summed E-state index contributed by atoms with van der Waals surface area (Å²) in [7, 11) is 0. The molecule has 1 aromatic rings. The van der Waals surface area contributed by atoms with Crippen LogP contribution < -0.4 is 4.84 Å². The van der Waals surface area contributed by atoms with Gasteiger partial charge in [0.05, 0.1) is 6.54 Å². The fraction of sp³-hybridized carbons (Fsp3) is 0.385. The molecule has 0 radical (unpaired) electrons. The minimum absolute atomic E-state index is 0.679. The quantitative estimate of drug-likeness (QED) is 0.776. The Balaban J connectivity index is 1.90. The molecule has 0 N–H and O–H groups in total. The summed E-state index contributed by atoms with van der Waals surface area (Å²) in [5.74, 6) is 1.77. The second-order valence-electron chi connectivity index (χ2n) is 3.72. The van der Waals surface area contributed by atoms with Gasteiger partial charge < -0.3 is 9.68 Å². The van der Waals surface area contributed by atoms with Gasteiger partial charge in [-0.2, -0.15) is 0 Å². The summed E-state index contributed by atoms with van der Waals surface area (Å²) < 4.78 is 0. The minimum atomic E-state index is 0.679. The molecule has 1 aromatic carbocycles. The third kappa shape index (κ3) is 2.55. The SMILES string of the molecule is CCC1=CCN(Oc2ccc(CC)cc2)O1. The van der Waals surface area contributed by atoms with Crippen LogP contribution in [0.3, 0.4) is 0 Å². The minimum Gasteiger partial charge on any atom is -0.376 e. The first-order valence-electron chi connectivity index (χ1n) is 5.73. The molecule has 1 heterocycles. The van der Waals surface area contributed by atoms with Crippen molar-refractivity contribution in [1.82, 2.24) is 5.23 Å². The Bertz CT molecular complexity index is 370. The molecule has 0 bridgehead atoms. The van der Waals surface area contributed by atoms with E-state index in [0.29, 0.717) is 6.54 Å². The van der Waals surface area contributed by atoms with Crippen LogP contribution in [0.4, 0.5) is 0 Å². The first kappa shape index (κ1) is 11.0. The second-order valence-corrected chi connectivity index (χ2v) is 3.72. The van der Waals surface area contributed by atoms with Gasteiger partial charge in [0.15, 0.2) is 5.75 Å². The highest BCUT2D eigenvalue weighted by molar-refractivity contribution is 5.26. The van der Waals surface area contributed by atoms with Crippen molar-refractivity contribution in [1.29, 1.82) is 0 Å². The van der Waals surface area contributed by atoms with Crippen LogP contribution in [0, 0.1) is 0 Å². The maximum Gasteiger partial charge on any atom is 0.151 e. The molecule has 1 aliphatic rings. The highest BCUT2D eigenvalue weighted by atomic mass is 17.0. The molecule has 0 unspecified atom stereocenters. The van der Waals surface area contributed by atoms with Crippen molar-refractivity contribution in [2.75, 3.05) is 6.54 Å². The molecule has 0 saturated heterocycles. The molecule has 3 heteroatoms. The van der Waals surface area contributed by atoms with Gasteiger partial charge in [-0.1, -0.05) is 26.0 Å². The number of hydrogen-bond donors (Lipinski definition) is 0. The van der Waals surface area contributed by atoms with Gasteiger partial charge in [-0.25, -0.2) is 0 Å². The Labute approximate surface area is 96.2 Å². The number of nitrogens with zero attached hydrogens (tertiary/aromatic N) is 1. The second kappa shape index (κ2) is 5.03. The molecular weight excluding hydrogens is 202 g/mol. The van der Waals surface area contributed by atoms with E-state index in [2.05, 4.69) is 26.0 Å². The Kier molecular flexibility index (Phi) is 3.47. The van der Waals surface area contributed by atoms with E-state index in [-0.39, 0.29) is 0 Å². The highest BCUT2D eigenvalue weighted by Crippen LogP contribution is 2.19. The first-order valence-corrected chi connectivity index (χ1v) is 5.73. The fourth-order valence-corrected chi connectivity index (χ4v) is 1.55. The monoisotopic (exact) mass is 219 g/mol. The summed E-state index contributed by atoms with van der Waals surface area (Å²) in [6.45, 7) is 4.88. The fourth-order valence-electron chi connectivity index (χ4n) is 1.55. The topological polar surface area (TPSA) is 21.7 Å². The third-order valence-electron chi connectivity index (χ3n) is 2.57. The number of allylic oxidation sites excluding steroid dienone is 1. The summed E-state index contributed by atoms with van der Waals surface area (Å²) in [4.78, 5) is 11.0. The Morgan fingerprint density at radius 2 is 1.94 bits per heavy atom. The molecule has 0 fully saturated rings. The van der Waals surface area contributed by atoms with Crippen molar-refractivity contribution in [3.05, 3.63) is 41.7 Å². The third-order valence-corrected chi connectivity index (χ3v) is 2.57. The molecule has 3 nitrogen and oxygen atoms in total. The maximum atomic E-state index is 5.57. The molecule has 0 aromatic heterocycles. The molecule has 0 atom stereocenters. The van der Waals surface area contributed by atoms with Crippen LogP contribution in [0.25, 0.3) is 0 Å². The molecule has 2 rings (SSSR count). The zero-order valence-corrected chi connectivity index (χ0v) is 9.77. The molecule has 0 aliphatic carbocycles. The average molecular weight is 219 g/mol. The largest absolute Gasteiger partial charge is 0.376 e. The van der Waals surface area contributed by atoms with E-state index >= 15 is 0 Å². The summed E-state index contributed by atoms with van der Waals surface area (Å²) in [6, 6.07) is 8.07. The predicted octanol–water partition coefficient (Wildman–Crippen LogP) is 3.08. The zero-order chi connectivity index (χ0) is 11.4. The van der Waals surface area contributed by atoms with Gasteiger partial charge in [0, 0.05) is 11.6 Å². The Hall–Kier alpha value is -1.48. The predicted molar refractivity (Wildman–Crippen MR) is 62.6 cm³/mol. The van der Waals surface area contributed by atoms with E-state index in [9.17, 15) is 0 Å². The summed E-state index contributed by atoms with van der Waals surface area (Å²) in [5, 5.41) is 1.50. The lowest BCUT2D eigenvalue weighted by Gasteiger charge is -2.16. The zero-order valence-electron chi connectivity index (χ0n) is 9.77. The lowest BCUT2D eigenvalue weighted by Crippen LogP contribution is -2.23. The van der Waals surface area contributed by atoms with Gasteiger partial charge in [0.25, 0.3) is 0 Å². The van der Waals surface area contributed by atoms with Gasteiger partial charge in [0.1, 0.15) is 5.76 Å². The summed E-state index contributed by atoms with van der Waals surface area (Å²) >= 11 is 0. The smallest absolute Gasteiger partial charge is 0.151 e. The van der Waals surface area contributed by atoms with Gasteiger partial charge in [-0.3, -0.25) is 0 Å². The number of rotatable bonds is 4.